The van der Waals surface area contributed by atoms with E-state index in [0.29, 0.717) is 21.5 Å². The molecular weight excluding hydrogens is 420 g/mol. The Hall–Kier alpha value is -3.07. The Bertz CT molecular complexity index is 855. The molecule has 0 unspecified atom stereocenters. The third-order valence-electron chi connectivity index (χ3n) is 3.39. The molecule has 0 fully saturated rings. The van der Waals surface area contributed by atoms with Gasteiger partial charge in [-0.15, -0.1) is 0 Å². The van der Waals surface area contributed by atoms with E-state index in [0.717, 1.165) is 0 Å². The minimum absolute atomic E-state index is 0.192. The van der Waals surface area contributed by atoms with Crippen LogP contribution in [0.3, 0.4) is 0 Å². The second kappa shape index (κ2) is 9.58. The highest BCUT2D eigenvalue weighted by atomic mass is 79.9. The monoisotopic (exact) mass is 436 g/mol. The Balaban J connectivity index is 1.85. The highest BCUT2D eigenvalue weighted by Crippen LogP contribution is 2.27. The van der Waals surface area contributed by atoms with Crippen molar-refractivity contribution < 1.29 is 28.6 Å². The van der Waals surface area contributed by atoms with E-state index in [1.807, 2.05) is 0 Å². The van der Waals surface area contributed by atoms with Crippen molar-refractivity contribution in [2.24, 2.45) is 0 Å². The van der Waals surface area contributed by atoms with Crippen LogP contribution in [0.25, 0.3) is 0 Å². The number of hydrogen-bond acceptors (Lipinski definition) is 6. The maximum Gasteiger partial charge on any atom is 0.338 e. The van der Waals surface area contributed by atoms with Crippen molar-refractivity contribution >= 4 is 33.7 Å². The van der Waals surface area contributed by atoms with Crippen LogP contribution in [0, 0.1) is 0 Å². The molecule has 2 aromatic carbocycles. The van der Waals surface area contributed by atoms with Gasteiger partial charge in [0.05, 0.1) is 25.3 Å². The predicted molar refractivity (Wildman–Crippen MR) is 99.6 cm³/mol. The quantitative estimate of drug-likeness (QED) is 0.530. The van der Waals surface area contributed by atoms with Crippen molar-refractivity contribution in [2.45, 2.75) is 0 Å². The van der Waals surface area contributed by atoms with Crippen molar-refractivity contribution in [2.75, 3.05) is 20.8 Å². The largest absolute Gasteiger partial charge is 0.493 e. The number of ether oxygens (including phenoxy) is 3. The van der Waals surface area contributed by atoms with Gasteiger partial charge in [-0.2, -0.15) is 0 Å². The molecule has 2 rings (SSSR count). The summed E-state index contributed by atoms with van der Waals surface area (Å²) >= 11 is 3.24. The average Bonchev–Trinajstić information content (AvgIpc) is 2.69. The van der Waals surface area contributed by atoms with Crippen LogP contribution in [0.4, 0.5) is 0 Å². The molecule has 0 aliphatic heterocycles. The summed E-state index contributed by atoms with van der Waals surface area (Å²) in [4.78, 5) is 35.8. The second-order valence-corrected chi connectivity index (χ2v) is 5.98. The van der Waals surface area contributed by atoms with Crippen LogP contribution in [0.2, 0.25) is 0 Å². The summed E-state index contributed by atoms with van der Waals surface area (Å²) in [5.74, 6) is -1.10. The van der Waals surface area contributed by atoms with Crippen LogP contribution in [0.5, 0.6) is 11.5 Å². The number of carbonyl (C=O) groups excluding carboxylic acids is 3. The number of amides is 2. The van der Waals surface area contributed by atoms with Crippen LogP contribution >= 0.6 is 15.9 Å². The molecule has 0 aromatic heterocycles. The van der Waals surface area contributed by atoms with Crippen molar-refractivity contribution in [3.05, 3.63) is 58.1 Å². The second-order valence-electron chi connectivity index (χ2n) is 5.13. The summed E-state index contributed by atoms with van der Waals surface area (Å²) in [5, 5.41) is 0. The summed E-state index contributed by atoms with van der Waals surface area (Å²) in [6.45, 7) is -0.566. The minimum atomic E-state index is -0.719. The molecule has 142 valence electrons. The number of halogens is 1. The molecule has 8 nitrogen and oxygen atoms in total. The number of methoxy groups -OCH3 is 2. The number of nitrogens with one attached hydrogen (secondary N) is 2. The molecule has 9 heteroatoms. The van der Waals surface area contributed by atoms with Crippen molar-refractivity contribution in [1.29, 1.82) is 0 Å². The first-order valence-corrected chi connectivity index (χ1v) is 8.48. The zero-order valence-electron chi connectivity index (χ0n) is 14.6. The third kappa shape index (κ3) is 5.45. The lowest BCUT2D eigenvalue weighted by Crippen LogP contribution is -2.43. The summed E-state index contributed by atoms with van der Waals surface area (Å²) in [5.41, 5.74) is 4.95. The molecule has 0 saturated heterocycles. The topological polar surface area (TPSA) is 103 Å². The van der Waals surface area contributed by atoms with E-state index in [4.69, 9.17) is 14.2 Å². The Morgan fingerprint density at radius 3 is 2.33 bits per heavy atom. The molecule has 0 aliphatic carbocycles. The van der Waals surface area contributed by atoms with E-state index < -0.39 is 24.4 Å². The summed E-state index contributed by atoms with van der Waals surface area (Å²) < 4.78 is 15.7. The van der Waals surface area contributed by atoms with Gasteiger partial charge in [-0.1, -0.05) is 12.1 Å². The molecule has 0 aliphatic rings. The van der Waals surface area contributed by atoms with E-state index in [9.17, 15) is 14.4 Å². The van der Waals surface area contributed by atoms with Gasteiger partial charge < -0.3 is 14.2 Å². The van der Waals surface area contributed by atoms with Crippen molar-refractivity contribution in [3.8, 4) is 11.5 Å². The molecule has 0 heterocycles. The normalized spacial score (nSPS) is 9.89. The van der Waals surface area contributed by atoms with E-state index >= 15 is 0 Å². The fraction of sp³-hybridized carbons (Fsp3) is 0.167. The average molecular weight is 437 g/mol. The van der Waals surface area contributed by atoms with Gasteiger partial charge >= 0.3 is 5.97 Å². The molecule has 0 saturated carbocycles. The molecule has 2 aromatic rings. The maximum atomic E-state index is 12.0. The summed E-state index contributed by atoms with van der Waals surface area (Å²) in [6, 6.07) is 11.2. The molecule has 27 heavy (non-hydrogen) atoms. The molecule has 0 spiro atoms. The molecule has 2 N–H and O–H groups in total. The Kier molecular flexibility index (Phi) is 7.18. The third-order valence-corrected chi connectivity index (χ3v) is 4.08. The van der Waals surface area contributed by atoms with Gasteiger partial charge in [0.15, 0.2) is 18.1 Å². The van der Waals surface area contributed by atoms with Crippen LogP contribution < -0.4 is 20.3 Å². The van der Waals surface area contributed by atoms with Gasteiger partial charge in [-0.05, 0) is 46.3 Å². The highest BCUT2D eigenvalue weighted by molar-refractivity contribution is 9.10. The first kappa shape index (κ1) is 20.2. The lowest BCUT2D eigenvalue weighted by atomic mass is 10.2. The minimum Gasteiger partial charge on any atom is -0.493 e. The van der Waals surface area contributed by atoms with Gasteiger partial charge in [0.2, 0.25) is 0 Å². The first-order chi connectivity index (χ1) is 13.0. The SMILES string of the molecule is COc1ccc(C(=O)OCC(=O)NNC(=O)c2ccccc2Br)cc1OC. The Morgan fingerprint density at radius 1 is 0.963 bits per heavy atom. The summed E-state index contributed by atoms with van der Waals surface area (Å²) in [7, 11) is 2.91. The fourth-order valence-corrected chi connectivity index (χ4v) is 2.52. The molecule has 0 bridgehead atoms. The summed E-state index contributed by atoms with van der Waals surface area (Å²) in [6.07, 6.45) is 0. The van der Waals surface area contributed by atoms with E-state index in [1.165, 1.54) is 26.4 Å². The number of rotatable bonds is 6. The van der Waals surface area contributed by atoms with Crippen LogP contribution in [-0.4, -0.2) is 38.6 Å². The van der Waals surface area contributed by atoms with Gasteiger partial charge in [0.1, 0.15) is 0 Å². The molecule has 2 amide bonds. The maximum absolute atomic E-state index is 12.0. The van der Waals surface area contributed by atoms with Crippen LogP contribution in [-0.2, 0) is 9.53 Å². The number of hydrazine groups is 1. The Labute approximate surface area is 163 Å². The lowest BCUT2D eigenvalue weighted by Gasteiger charge is -2.10. The fourth-order valence-electron chi connectivity index (χ4n) is 2.05. The van der Waals surface area contributed by atoms with Crippen molar-refractivity contribution in [1.82, 2.24) is 10.9 Å². The van der Waals surface area contributed by atoms with Crippen molar-refractivity contribution in [3.63, 3.8) is 0 Å². The van der Waals surface area contributed by atoms with E-state index in [1.54, 1.807) is 30.3 Å². The van der Waals surface area contributed by atoms with Gasteiger partial charge in [-0.3, -0.25) is 20.4 Å². The molecule has 0 atom stereocenters. The zero-order chi connectivity index (χ0) is 19.8. The van der Waals surface area contributed by atoms with Crippen LogP contribution in [0.15, 0.2) is 46.9 Å². The first-order valence-electron chi connectivity index (χ1n) is 7.69. The van der Waals surface area contributed by atoms with E-state index in [2.05, 4.69) is 26.8 Å². The predicted octanol–water partition coefficient (Wildman–Crippen LogP) is 2.08. The zero-order valence-corrected chi connectivity index (χ0v) is 16.2. The molecular formula is C18H17BrN2O6. The standard InChI is InChI=1S/C18H17BrN2O6/c1-25-14-8-7-11(9-15(14)26-2)18(24)27-10-16(22)20-21-17(23)12-5-3-4-6-13(12)19/h3-9H,10H2,1-2H3,(H,20,22)(H,21,23). The van der Waals surface area contributed by atoms with Gasteiger partial charge in [0.25, 0.3) is 11.8 Å². The highest BCUT2D eigenvalue weighted by Gasteiger charge is 2.15. The molecule has 0 radical (unpaired) electrons. The number of esters is 1. The Morgan fingerprint density at radius 2 is 1.67 bits per heavy atom. The number of benzene rings is 2. The smallest absolute Gasteiger partial charge is 0.338 e. The lowest BCUT2D eigenvalue weighted by molar-refractivity contribution is -0.125. The van der Waals surface area contributed by atoms with Crippen LogP contribution in [0.1, 0.15) is 20.7 Å². The number of hydrogen-bond donors (Lipinski definition) is 2. The van der Waals surface area contributed by atoms with Gasteiger partial charge in [-0.25, -0.2) is 4.79 Å². The number of carbonyl (C=O) groups is 3. The van der Waals surface area contributed by atoms with E-state index in [-0.39, 0.29) is 5.56 Å². The van der Waals surface area contributed by atoms with Gasteiger partial charge in [0, 0.05) is 4.47 Å².